The first-order valence-electron chi connectivity index (χ1n) is 9.72. The first-order chi connectivity index (χ1) is 13.5. The van der Waals surface area contributed by atoms with Gasteiger partial charge in [0.05, 0.1) is 5.69 Å². The summed E-state index contributed by atoms with van der Waals surface area (Å²) in [5.74, 6) is -0.429. The van der Waals surface area contributed by atoms with E-state index in [-0.39, 0.29) is 30.0 Å². The Labute approximate surface area is 162 Å². The largest absolute Gasteiger partial charge is 0.505 e. The van der Waals surface area contributed by atoms with Gasteiger partial charge < -0.3 is 10.2 Å². The van der Waals surface area contributed by atoms with Crippen molar-refractivity contribution in [3.8, 4) is 5.75 Å². The summed E-state index contributed by atoms with van der Waals surface area (Å²) in [4.78, 5) is 23.1. The van der Waals surface area contributed by atoms with Gasteiger partial charge >= 0.3 is 5.97 Å². The number of benzene rings is 1. The molecular weight excluding hydrogens is 360 g/mol. The normalized spacial score (nSPS) is 15.3. The van der Waals surface area contributed by atoms with Crippen LogP contribution in [-0.2, 0) is 11.3 Å². The van der Waals surface area contributed by atoms with Crippen LogP contribution in [0.2, 0.25) is 0 Å². The summed E-state index contributed by atoms with van der Waals surface area (Å²) in [6, 6.07) is 5.46. The molecule has 1 fully saturated rings. The lowest BCUT2D eigenvalue weighted by Gasteiger charge is -2.22. The smallest absolute Gasteiger partial charge is 0.303 e. The Morgan fingerprint density at radius 2 is 2.00 bits per heavy atom. The molecule has 8 nitrogen and oxygen atoms in total. The maximum Gasteiger partial charge on any atom is 0.303 e. The highest BCUT2D eigenvalue weighted by Crippen LogP contribution is 2.41. The van der Waals surface area contributed by atoms with Gasteiger partial charge in [-0.2, -0.15) is 0 Å². The molecule has 150 valence electrons. The number of aromatic hydroxyl groups is 1. The number of aryl methyl sites for hydroxylation is 2. The van der Waals surface area contributed by atoms with Crippen molar-refractivity contribution < 1.29 is 15.0 Å². The number of hydrogen-bond acceptors (Lipinski definition) is 5. The molecule has 3 rings (SSSR count). The van der Waals surface area contributed by atoms with Gasteiger partial charge in [0.2, 0.25) is 0 Å². The average molecular weight is 386 g/mol. The number of hydrogen-bond donors (Lipinski definition) is 3. The minimum Gasteiger partial charge on any atom is -0.505 e. The van der Waals surface area contributed by atoms with E-state index in [0.29, 0.717) is 23.7 Å². The molecule has 1 heterocycles. The summed E-state index contributed by atoms with van der Waals surface area (Å²) in [5, 5.41) is 30.4. The molecule has 0 amide bonds. The van der Waals surface area contributed by atoms with Gasteiger partial charge in [-0.3, -0.25) is 19.4 Å². The van der Waals surface area contributed by atoms with Crippen LogP contribution < -0.4 is 5.56 Å². The SMILES string of the molecule is Cc1[nH]n(CCCC(=O)O)c(=O)c1N=Nc1cccc(C2CCCCC2)c1O. The molecule has 1 saturated carbocycles. The molecule has 2 aromatic rings. The van der Waals surface area contributed by atoms with Crippen LogP contribution in [0.3, 0.4) is 0 Å². The number of aromatic amines is 1. The van der Waals surface area contributed by atoms with E-state index in [4.69, 9.17) is 5.11 Å². The summed E-state index contributed by atoms with van der Waals surface area (Å²) in [7, 11) is 0. The average Bonchev–Trinajstić information content (AvgIpc) is 2.95. The van der Waals surface area contributed by atoms with E-state index in [2.05, 4.69) is 15.3 Å². The lowest BCUT2D eigenvalue weighted by atomic mass is 9.83. The fourth-order valence-corrected chi connectivity index (χ4v) is 3.73. The highest BCUT2D eigenvalue weighted by atomic mass is 16.4. The van der Waals surface area contributed by atoms with Gasteiger partial charge in [-0.15, -0.1) is 10.2 Å². The van der Waals surface area contributed by atoms with Gasteiger partial charge in [-0.1, -0.05) is 31.4 Å². The number of carboxylic acid groups (broad SMARTS) is 1. The lowest BCUT2D eigenvalue weighted by Crippen LogP contribution is -2.17. The molecule has 28 heavy (non-hydrogen) atoms. The van der Waals surface area contributed by atoms with E-state index in [1.54, 1.807) is 13.0 Å². The quantitative estimate of drug-likeness (QED) is 0.606. The lowest BCUT2D eigenvalue weighted by molar-refractivity contribution is -0.137. The van der Waals surface area contributed by atoms with Crippen LogP contribution in [0, 0.1) is 6.92 Å². The van der Waals surface area contributed by atoms with E-state index < -0.39 is 5.97 Å². The molecule has 1 aliphatic rings. The van der Waals surface area contributed by atoms with E-state index >= 15 is 0 Å². The van der Waals surface area contributed by atoms with Crippen molar-refractivity contribution in [1.82, 2.24) is 9.78 Å². The number of carbonyl (C=O) groups is 1. The van der Waals surface area contributed by atoms with Gasteiger partial charge in [-0.25, -0.2) is 0 Å². The fraction of sp³-hybridized carbons (Fsp3) is 0.500. The molecule has 8 heteroatoms. The number of nitrogens with one attached hydrogen (secondary N) is 1. The van der Waals surface area contributed by atoms with Crippen molar-refractivity contribution in [2.24, 2.45) is 10.2 Å². The molecule has 3 N–H and O–H groups in total. The second-order valence-electron chi connectivity index (χ2n) is 7.29. The van der Waals surface area contributed by atoms with Gasteiger partial charge in [0.1, 0.15) is 11.4 Å². The molecular formula is C20H26N4O4. The minimum atomic E-state index is -0.899. The molecule has 1 aromatic carbocycles. The minimum absolute atomic E-state index is 0.0107. The number of carboxylic acids is 1. The predicted octanol–water partition coefficient (Wildman–Crippen LogP) is 4.52. The summed E-state index contributed by atoms with van der Waals surface area (Å²) < 4.78 is 1.34. The number of H-pyrrole nitrogens is 1. The fourth-order valence-electron chi connectivity index (χ4n) is 3.73. The van der Waals surface area contributed by atoms with Crippen LogP contribution in [-0.4, -0.2) is 26.0 Å². The monoisotopic (exact) mass is 386 g/mol. The molecule has 1 aromatic heterocycles. The van der Waals surface area contributed by atoms with Crippen molar-refractivity contribution in [1.29, 1.82) is 0 Å². The number of para-hydroxylation sites is 1. The highest BCUT2D eigenvalue weighted by molar-refractivity contribution is 5.66. The summed E-state index contributed by atoms with van der Waals surface area (Å²) in [6.07, 6.45) is 6.03. The van der Waals surface area contributed by atoms with Crippen LogP contribution in [0.25, 0.3) is 0 Å². The van der Waals surface area contributed by atoms with Gasteiger partial charge in [0.25, 0.3) is 5.56 Å². The zero-order chi connectivity index (χ0) is 20.1. The molecule has 0 aliphatic heterocycles. The maximum atomic E-state index is 12.5. The molecule has 0 spiro atoms. The third-order valence-electron chi connectivity index (χ3n) is 5.23. The van der Waals surface area contributed by atoms with Gasteiger partial charge in [0.15, 0.2) is 5.69 Å². The Kier molecular flexibility index (Phi) is 6.28. The number of aromatic nitrogens is 2. The zero-order valence-corrected chi connectivity index (χ0v) is 16.0. The van der Waals surface area contributed by atoms with Gasteiger partial charge in [-0.05, 0) is 43.7 Å². The van der Waals surface area contributed by atoms with Crippen molar-refractivity contribution in [2.75, 3.05) is 0 Å². The summed E-state index contributed by atoms with van der Waals surface area (Å²) in [6.45, 7) is 1.98. The predicted molar refractivity (Wildman–Crippen MR) is 105 cm³/mol. The molecule has 0 saturated heterocycles. The zero-order valence-electron chi connectivity index (χ0n) is 16.0. The third-order valence-corrected chi connectivity index (χ3v) is 5.23. The topological polar surface area (TPSA) is 120 Å². The van der Waals surface area contributed by atoms with Gasteiger partial charge in [0, 0.05) is 13.0 Å². The number of azo groups is 1. The second-order valence-corrected chi connectivity index (χ2v) is 7.29. The summed E-state index contributed by atoms with van der Waals surface area (Å²) in [5.41, 5.74) is 1.60. The van der Waals surface area contributed by atoms with Crippen LogP contribution in [0.5, 0.6) is 5.75 Å². The Morgan fingerprint density at radius 1 is 1.25 bits per heavy atom. The number of rotatable bonds is 7. The molecule has 0 unspecified atom stereocenters. The Balaban J connectivity index is 1.79. The molecule has 1 aliphatic carbocycles. The van der Waals surface area contributed by atoms with E-state index in [0.717, 1.165) is 18.4 Å². The Bertz CT molecular complexity index is 923. The standard InChI is InChI=1S/C20H26N4O4/c1-13-18(20(28)24(23-13)12-6-11-17(25)26)22-21-16-10-5-9-15(19(16)27)14-7-3-2-4-8-14/h5,9-10,14,23,27H,2-4,6-8,11-12H2,1H3,(H,25,26). The maximum absolute atomic E-state index is 12.5. The Hall–Kier alpha value is -2.90. The number of phenolic OH excluding ortho intramolecular Hbond substituents is 1. The van der Waals surface area contributed by atoms with Crippen LogP contribution in [0.15, 0.2) is 33.2 Å². The number of nitrogens with zero attached hydrogens (tertiary/aromatic N) is 3. The van der Waals surface area contributed by atoms with Crippen LogP contribution in [0.4, 0.5) is 11.4 Å². The van der Waals surface area contributed by atoms with E-state index in [1.807, 2.05) is 12.1 Å². The van der Waals surface area contributed by atoms with Crippen molar-refractivity contribution in [3.63, 3.8) is 0 Å². The summed E-state index contributed by atoms with van der Waals surface area (Å²) >= 11 is 0. The van der Waals surface area contributed by atoms with Crippen molar-refractivity contribution >= 4 is 17.3 Å². The van der Waals surface area contributed by atoms with Crippen LogP contribution in [0.1, 0.15) is 62.1 Å². The van der Waals surface area contributed by atoms with Crippen molar-refractivity contribution in [3.05, 3.63) is 39.8 Å². The Morgan fingerprint density at radius 3 is 2.71 bits per heavy atom. The van der Waals surface area contributed by atoms with E-state index in [1.165, 1.54) is 23.9 Å². The molecule has 0 radical (unpaired) electrons. The van der Waals surface area contributed by atoms with Crippen molar-refractivity contribution in [2.45, 2.75) is 64.3 Å². The highest BCUT2D eigenvalue weighted by Gasteiger charge is 2.20. The second kappa shape index (κ2) is 8.86. The first kappa shape index (κ1) is 19.9. The number of aliphatic carboxylic acids is 1. The number of phenols is 1. The third kappa shape index (κ3) is 4.49. The van der Waals surface area contributed by atoms with E-state index in [9.17, 15) is 14.7 Å². The first-order valence-corrected chi connectivity index (χ1v) is 9.72. The molecule has 0 bridgehead atoms. The molecule has 0 atom stereocenters. The van der Waals surface area contributed by atoms with Crippen LogP contribution >= 0.6 is 0 Å².